The molecule has 0 aliphatic carbocycles. The van der Waals surface area contributed by atoms with E-state index in [2.05, 4.69) is 0 Å². The molecule has 0 aromatic heterocycles. The third-order valence-corrected chi connectivity index (χ3v) is 3.34. The Morgan fingerprint density at radius 1 is 1.05 bits per heavy atom. The monoisotopic (exact) mass is 310 g/mol. The van der Waals surface area contributed by atoms with Gasteiger partial charge in [-0.05, 0) is 35.7 Å². The summed E-state index contributed by atoms with van der Waals surface area (Å²) in [6, 6.07) is 10.3. The first kappa shape index (κ1) is 15.9. The van der Waals surface area contributed by atoms with Gasteiger partial charge in [-0.15, -0.1) is 0 Å². The van der Waals surface area contributed by atoms with E-state index in [9.17, 15) is 28.2 Å². The van der Waals surface area contributed by atoms with E-state index in [-0.39, 0.29) is 17.7 Å². The maximum atomic E-state index is 13.0. The predicted octanol–water partition coefficient (Wildman–Crippen LogP) is 3.82. The average Bonchev–Trinajstić information content (AvgIpc) is 2.45. The molecule has 0 aliphatic rings. The van der Waals surface area contributed by atoms with Gasteiger partial charge in [0.25, 0.3) is 0 Å². The van der Waals surface area contributed by atoms with Crippen molar-refractivity contribution in [1.82, 2.24) is 0 Å². The second kappa shape index (κ2) is 6.09. The molecule has 0 fully saturated rings. The zero-order valence-electron chi connectivity index (χ0n) is 11.3. The molecular formula is C16H13F3O3. The van der Waals surface area contributed by atoms with E-state index < -0.39 is 23.6 Å². The van der Waals surface area contributed by atoms with Crippen LogP contribution < -0.4 is 0 Å². The van der Waals surface area contributed by atoms with E-state index in [4.69, 9.17) is 0 Å². The smallest absolute Gasteiger partial charge is 0.416 e. The van der Waals surface area contributed by atoms with Gasteiger partial charge in [0.15, 0.2) is 0 Å². The zero-order chi connectivity index (χ0) is 16.3. The standard InChI is InChI=1S/C16H13F3O3/c17-16(18,19)14-4-2-1-3-11(14)9-13(15(21)22)10-5-7-12(20)8-6-10/h1-8,13,20H,9H2,(H,21,22). The number of aliphatic carboxylic acids is 1. The maximum absolute atomic E-state index is 13.0. The molecule has 2 rings (SSSR count). The lowest BCUT2D eigenvalue weighted by molar-refractivity contribution is -0.141. The summed E-state index contributed by atoms with van der Waals surface area (Å²) in [5.74, 6) is -2.38. The van der Waals surface area contributed by atoms with Gasteiger partial charge in [-0.1, -0.05) is 30.3 Å². The number of carboxylic acid groups (broad SMARTS) is 1. The molecule has 0 saturated carbocycles. The molecule has 0 radical (unpaired) electrons. The fraction of sp³-hybridized carbons (Fsp3) is 0.188. The molecule has 0 spiro atoms. The van der Waals surface area contributed by atoms with Crippen LogP contribution in [0.15, 0.2) is 48.5 Å². The molecule has 22 heavy (non-hydrogen) atoms. The topological polar surface area (TPSA) is 57.5 Å². The molecule has 0 bridgehead atoms. The molecule has 1 unspecified atom stereocenters. The summed E-state index contributed by atoms with van der Waals surface area (Å²) in [6.45, 7) is 0. The van der Waals surface area contributed by atoms with Crippen molar-refractivity contribution in [3.63, 3.8) is 0 Å². The molecule has 2 aromatic carbocycles. The SMILES string of the molecule is O=C(O)C(Cc1ccccc1C(F)(F)F)c1ccc(O)cc1. The first-order valence-corrected chi connectivity index (χ1v) is 6.46. The molecule has 116 valence electrons. The Hall–Kier alpha value is -2.50. The van der Waals surface area contributed by atoms with Gasteiger partial charge in [0, 0.05) is 0 Å². The predicted molar refractivity (Wildman–Crippen MR) is 73.6 cm³/mol. The minimum atomic E-state index is -4.53. The molecular weight excluding hydrogens is 297 g/mol. The lowest BCUT2D eigenvalue weighted by Crippen LogP contribution is -2.17. The van der Waals surface area contributed by atoms with Gasteiger partial charge in [-0.25, -0.2) is 0 Å². The van der Waals surface area contributed by atoms with Crippen molar-refractivity contribution >= 4 is 5.97 Å². The Labute approximate surface area is 124 Å². The summed E-state index contributed by atoms with van der Waals surface area (Å²) in [5.41, 5.74) is -0.571. The highest BCUT2D eigenvalue weighted by molar-refractivity contribution is 5.76. The van der Waals surface area contributed by atoms with Crippen molar-refractivity contribution in [3.05, 3.63) is 65.2 Å². The van der Waals surface area contributed by atoms with Gasteiger partial charge >= 0.3 is 12.1 Å². The van der Waals surface area contributed by atoms with E-state index >= 15 is 0 Å². The maximum Gasteiger partial charge on any atom is 0.416 e. The third-order valence-electron chi connectivity index (χ3n) is 3.34. The minimum Gasteiger partial charge on any atom is -0.508 e. The molecule has 0 saturated heterocycles. The Morgan fingerprint density at radius 3 is 2.18 bits per heavy atom. The van der Waals surface area contributed by atoms with Crippen molar-refractivity contribution in [2.75, 3.05) is 0 Å². The largest absolute Gasteiger partial charge is 0.508 e. The summed E-state index contributed by atoms with van der Waals surface area (Å²) in [6.07, 6.45) is -4.82. The van der Waals surface area contributed by atoms with E-state index in [1.54, 1.807) is 0 Å². The number of hydrogen-bond donors (Lipinski definition) is 2. The highest BCUT2D eigenvalue weighted by atomic mass is 19.4. The number of phenolic OH excluding ortho intramolecular Hbond substituents is 1. The van der Waals surface area contributed by atoms with Gasteiger partial charge in [0.05, 0.1) is 11.5 Å². The molecule has 0 heterocycles. The zero-order valence-corrected chi connectivity index (χ0v) is 11.3. The number of carboxylic acids is 1. The Kier molecular flexibility index (Phi) is 4.40. The lowest BCUT2D eigenvalue weighted by Gasteiger charge is -2.17. The van der Waals surface area contributed by atoms with Crippen molar-refractivity contribution in [2.45, 2.75) is 18.5 Å². The highest BCUT2D eigenvalue weighted by Crippen LogP contribution is 2.34. The second-order valence-electron chi connectivity index (χ2n) is 4.84. The number of alkyl halides is 3. The quantitative estimate of drug-likeness (QED) is 0.902. The van der Waals surface area contributed by atoms with Crippen LogP contribution in [0.4, 0.5) is 13.2 Å². The fourth-order valence-corrected chi connectivity index (χ4v) is 2.25. The second-order valence-corrected chi connectivity index (χ2v) is 4.84. The summed E-state index contributed by atoms with van der Waals surface area (Å²) < 4.78 is 38.9. The third kappa shape index (κ3) is 3.58. The van der Waals surface area contributed by atoms with Crippen LogP contribution in [0.5, 0.6) is 5.75 Å². The van der Waals surface area contributed by atoms with Crippen molar-refractivity contribution < 1.29 is 28.2 Å². The number of phenols is 1. The first-order chi connectivity index (χ1) is 10.3. The Morgan fingerprint density at radius 2 is 1.64 bits per heavy atom. The van der Waals surface area contributed by atoms with Crippen LogP contribution >= 0.6 is 0 Å². The van der Waals surface area contributed by atoms with Crippen LogP contribution in [0.2, 0.25) is 0 Å². The van der Waals surface area contributed by atoms with Crippen molar-refractivity contribution in [3.8, 4) is 5.75 Å². The van der Waals surface area contributed by atoms with Gasteiger partial charge in [-0.3, -0.25) is 4.79 Å². The van der Waals surface area contributed by atoms with E-state index in [0.717, 1.165) is 6.07 Å². The Balaban J connectivity index is 2.38. The summed E-state index contributed by atoms with van der Waals surface area (Å²) >= 11 is 0. The minimum absolute atomic E-state index is 0.0384. The molecule has 2 aromatic rings. The number of halogens is 3. The first-order valence-electron chi connectivity index (χ1n) is 6.46. The van der Waals surface area contributed by atoms with E-state index in [0.29, 0.717) is 5.56 Å². The lowest BCUT2D eigenvalue weighted by atomic mass is 9.90. The molecule has 1 atom stereocenters. The molecule has 0 aliphatic heterocycles. The van der Waals surface area contributed by atoms with Crippen LogP contribution in [-0.4, -0.2) is 16.2 Å². The van der Waals surface area contributed by atoms with Gasteiger partial charge in [-0.2, -0.15) is 13.2 Å². The van der Waals surface area contributed by atoms with E-state index in [1.165, 1.54) is 42.5 Å². The van der Waals surface area contributed by atoms with Gasteiger partial charge in [0.1, 0.15) is 5.75 Å². The van der Waals surface area contributed by atoms with Crippen LogP contribution in [0.3, 0.4) is 0 Å². The van der Waals surface area contributed by atoms with Crippen LogP contribution in [0, 0.1) is 0 Å². The van der Waals surface area contributed by atoms with Crippen LogP contribution in [-0.2, 0) is 17.4 Å². The summed E-state index contributed by atoms with van der Waals surface area (Å²) in [7, 11) is 0. The average molecular weight is 310 g/mol. The van der Waals surface area contributed by atoms with Crippen molar-refractivity contribution in [1.29, 1.82) is 0 Å². The number of aromatic hydroxyl groups is 1. The fourth-order valence-electron chi connectivity index (χ4n) is 2.25. The normalized spacial score (nSPS) is 12.9. The van der Waals surface area contributed by atoms with Crippen LogP contribution in [0.1, 0.15) is 22.6 Å². The number of hydrogen-bond acceptors (Lipinski definition) is 2. The molecule has 2 N–H and O–H groups in total. The van der Waals surface area contributed by atoms with Crippen molar-refractivity contribution in [2.24, 2.45) is 0 Å². The Bertz CT molecular complexity index is 663. The number of carbonyl (C=O) groups is 1. The van der Waals surface area contributed by atoms with E-state index in [1.807, 2.05) is 0 Å². The molecule has 0 amide bonds. The molecule has 6 heteroatoms. The summed E-state index contributed by atoms with van der Waals surface area (Å²) in [5, 5.41) is 18.5. The number of rotatable bonds is 4. The van der Waals surface area contributed by atoms with Gasteiger partial charge < -0.3 is 10.2 Å². The highest BCUT2D eigenvalue weighted by Gasteiger charge is 2.34. The number of benzene rings is 2. The van der Waals surface area contributed by atoms with Gasteiger partial charge in [0.2, 0.25) is 0 Å². The molecule has 3 nitrogen and oxygen atoms in total. The van der Waals surface area contributed by atoms with Crippen LogP contribution in [0.25, 0.3) is 0 Å². The summed E-state index contributed by atoms with van der Waals surface area (Å²) in [4.78, 5) is 11.4.